The molecular weight excluding hydrogens is 612 g/mol. The number of hydrogen-bond acceptors (Lipinski definition) is 8. The van der Waals surface area contributed by atoms with Crippen molar-refractivity contribution in [3.8, 4) is 22.9 Å². The molecule has 0 aliphatic carbocycles. The zero-order valence-electron chi connectivity index (χ0n) is 27.0. The standard InChI is InChI=1S/C37H36N4O7/c1-5-8-29-19-28(21-35(45-6-2)36(29)47-23-27-9-7-10-31(20-27)41(43)44)22-38-39-37(42)34-18-17-33(48-34)24-46-32-15-13-30(14-16-32)40-25(3)11-12-26(40)4/h5,7,9-22H,1,6,8,23-24H2,2-4H3,(H,39,42)/b38-22+. The van der Waals surface area contributed by atoms with Crippen molar-refractivity contribution >= 4 is 17.8 Å². The molecule has 0 aliphatic heterocycles. The van der Waals surface area contributed by atoms with Crippen LogP contribution in [0.4, 0.5) is 5.69 Å². The van der Waals surface area contributed by atoms with Crippen LogP contribution in [0.5, 0.6) is 17.2 Å². The van der Waals surface area contributed by atoms with E-state index in [1.54, 1.807) is 36.4 Å². The van der Waals surface area contributed by atoms with E-state index >= 15 is 0 Å². The molecule has 0 atom stereocenters. The molecule has 3 aromatic carbocycles. The van der Waals surface area contributed by atoms with Crippen LogP contribution in [0.25, 0.3) is 5.69 Å². The molecule has 1 N–H and O–H groups in total. The van der Waals surface area contributed by atoms with Gasteiger partial charge in [-0.2, -0.15) is 5.10 Å². The maximum Gasteiger partial charge on any atom is 0.307 e. The number of aryl methyl sites for hydroxylation is 2. The van der Waals surface area contributed by atoms with Crippen LogP contribution in [-0.4, -0.2) is 28.2 Å². The van der Waals surface area contributed by atoms with E-state index in [4.69, 9.17) is 18.6 Å². The second-order valence-electron chi connectivity index (χ2n) is 10.8. The number of nitro benzene ring substituents is 1. The normalized spacial score (nSPS) is 11.0. The zero-order chi connectivity index (χ0) is 34.0. The van der Waals surface area contributed by atoms with Crippen LogP contribution in [0.3, 0.4) is 0 Å². The van der Waals surface area contributed by atoms with E-state index in [9.17, 15) is 14.9 Å². The Hall–Kier alpha value is -6.10. The van der Waals surface area contributed by atoms with Crippen LogP contribution < -0.4 is 19.6 Å². The highest BCUT2D eigenvalue weighted by atomic mass is 16.6. The van der Waals surface area contributed by atoms with Crippen LogP contribution in [-0.2, 0) is 19.6 Å². The van der Waals surface area contributed by atoms with E-state index in [0.29, 0.717) is 47.2 Å². The summed E-state index contributed by atoms with van der Waals surface area (Å²) in [4.78, 5) is 23.5. The Morgan fingerprint density at radius 3 is 2.46 bits per heavy atom. The van der Waals surface area contributed by atoms with Crippen molar-refractivity contribution in [2.45, 2.75) is 40.4 Å². The number of hydrogen-bond donors (Lipinski definition) is 1. The van der Waals surface area contributed by atoms with Gasteiger partial charge in [0.25, 0.3) is 5.69 Å². The number of hydrazone groups is 1. The van der Waals surface area contributed by atoms with E-state index in [-0.39, 0.29) is 24.7 Å². The Morgan fingerprint density at radius 1 is 0.979 bits per heavy atom. The fourth-order valence-electron chi connectivity index (χ4n) is 5.13. The van der Waals surface area contributed by atoms with E-state index < -0.39 is 10.8 Å². The van der Waals surface area contributed by atoms with Gasteiger partial charge in [-0.25, -0.2) is 5.43 Å². The van der Waals surface area contributed by atoms with Crippen molar-refractivity contribution in [1.82, 2.24) is 9.99 Å². The summed E-state index contributed by atoms with van der Waals surface area (Å²) in [5, 5.41) is 15.3. The number of carbonyl (C=O) groups excluding carboxylic acids is 1. The van der Waals surface area contributed by atoms with Gasteiger partial charge >= 0.3 is 5.91 Å². The van der Waals surface area contributed by atoms with Gasteiger partial charge in [0.05, 0.1) is 17.7 Å². The largest absolute Gasteiger partial charge is 0.490 e. The summed E-state index contributed by atoms with van der Waals surface area (Å²) < 4.78 is 25.7. The van der Waals surface area contributed by atoms with E-state index in [1.165, 1.54) is 18.3 Å². The summed E-state index contributed by atoms with van der Waals surface area (Å²) in [5.41, 5.74) is 7.90. The number of nitrogens with zero attached hydrogens (tertiary/aromatic N) is 3. The molecule has 48 heavy (non-hydrogen) atoms. The molecule has 11 heteroatoms. The lowest BCUT2D eigenvalue weighted by atomic mass is 10.1. The monoisotopic (exact) mass is 648 g/mol. The molecule has 0 bridgehead atoms. The van der Waals surface area contributed by atoms with Crippen molar-refractivity contribution < 1.29 is 28.3 Å². The number of rotatable bonds is 15. The number of furan rings is 1. The van der Waals surface area contributed by atoms with Gasteiger partial charge in [-0.15, -0.1) is 6.58 Å². The smallest absolute Gasteiger partial charge is 0.307 e. The molecule has 0 unspecified atom stereocenters. The lowest BCUT2D eigenvalue weighted by Crippen LogP contribution is -2.16. The maximum atomic E-state index is 12.7. The predicted octanol–water partition coefficient (Wildman–Crippen LogP) is 7.64. The number of non-ortho nitro benzene ring substituents is 1. The van der Waals surface area contributed by atoms with Crippen LogP contribution in [0.15, 0.2) is 107 Å². The zero-order valence-corrected chi connectivity index (χ0v) is 27.0. The molecule has 0 fully saturated rings. The molecule has 0 radical (unpaired) electrons. The average molecular weight is 649 g/mol. The lowest BCUT2D eigenvalue weighted by Gasteiger charge is -2.16. The molecule has 5 aromatic rings. The molecule has 2 aromatic heterocycles. The number of aromatic nitrogens is 1. The minimum Gasteiger partial charge on any atom is -0.490 e. The van der Waals surface area contributed by atoms with Gasteiger partial charge in [0.2, 0.25) is 0 Å². The summed E-state index contributed by atoms with van der Waals surface area (Å²) in [7, 11) is 0. The van der Waals surface area contributed by atoms with Gasteiger partial charge in [-0.05, 0) is 99.0 Å². The Bertz CT molecular complexity index is 1920. The number of nitrogens with one attached hydrogen (secondary N) is 1. The third-order valence-corrected chi connectivity index (χ3v) is 7.34. The van der Waals surface area contributed by atoms with Crippen molar-refractivity contribution in [1.29, 1.82) is 0 Å². The molecule has 0 spiro atoms. The Labute approximate surface area is 278 Å². The number of amides is 1. The van der Waals surface area contributed by atoms with E-state index in [1.807, 2.05) is 37.3 Å². The van der Waals surface area contributed by atoms with Crippen molar-refractivity contribution in [3.05, 3.63) is 147 Å². The number of ether oxygens (including phenoxy) is 3. The Morgan fingerprint density at radius 2 is 1.75 bits per heavy atom. The number of benzene rings is 3. The molecule has 11 nitrogen and oxygen atoms in total. The second-order valence-corrected chi connectivity index (χ2v) is 10.8. The first kappa shape index (κ1) is 33.3. The van der Waals surface area contributed by atoms with Crippen LogP contribution in [0.2, 0.25) is 0 Å². The number of nitro groups is 1. The van der Waals surface area contributed by atoms with Gasteiger partial charge in [0.1, 0.15) is 24.7 Å². The highest BCUT2D eigenvalue weighted by molar-refractivity contribution is 5.92. The van der Waals surface area contributed by atoms with Crippen LogP contribution >= 0.6 is 0 Å². The molecule has 0 saturated heterocycles. The Kier molecular flexibility index (Phi) is 10.7. The third-order valence-electron chi connectivity index (χ3n) is 7.34. The van der Waals surface area contributed by atoms with Gasteiger partial charge in [0.15, 0.2) is 17.3 Å². The van der Waals surface area contributed by atoms with Gasteiger partial charge < -0.3 is 23.2 Å². The minimum absolute atomic E-state index is 0.0138. The summed E-state index contributed by atoms with van der Waals surface area (Å²) in [6.45, 7) is 10.4. The summed E-state index contributed by atoms with van der Waals surface area (Å²) in [5.74, 6) is 1.70. The molecular formula is C37H36N4O7. The predicted molar refractivity (Wildman–Crippen MR) is 182 cm³/mol. The van der Waals surface area contributed by atoms with Gasteiger partial charge in [-0.3, -0.25) is 14.9 Å². The van der Waals surface area contributed by atoms with E-state index in [2.05, 4.69) is 47.7 Å². The fourth-order valence-corrected chi connectivity index (χ4v) is 5.13. The number of allylic oxidation sites excluding steroid dienone is 1. The van der Waals surface area contributed by atoms with Gasteiger partial charge in [0, 0.05) is 34.8 Å². The second kappa shape index (κ2) is 15.5. The molecule has 0 saturated carbocycles. The Balaban J connectivity index is 1.20. The third kappa shape index (κ3) is 8.18. The maximum absolute atomic E-state index is 12.7. The molecule has 1 amide bonds. The van der Waals surface area contributed by atoms with E-state index in [0.717, 1.165) is 22.6 Å². The fraction of sp³-hybridized carbons (Fsp3) is 0.189. The lowest BCUT2D eigenvalue weighted by molar-refractivity contribution is -0.384. The topological polar surface area (TPSA) is 130 Å². The first-order valence-electron chi connectivity index (χ1n) is 15.3. The first-order valence-corrected chi connectivity index (χ1v) is 15.3. The summed E-state index contributed by atoms with van der Waals surface area (Å²) in [6, 6.07) is 25.0. The molecule has 246 valence electrons. The van der Waals surface area contributed by atoms with Crippen LogP contribution in [0, 0.1) is 24.0 Å². The number of carbonyl (C=O) groups is 1. The molecule has 0 aliphatic rings. The highest BCUT2D eigenvalue weighted by Crippen LogP contribution is 2.34. The van der Waals surface area contributed by atoms with Crippen molar-refractivity contribution in [3.63, 3.8) is 0 Å². The first-order chi connectivity index (χ1) is 23.2. The average Bonchev–Trinajstić information content (AvgIpc) is 3.70. The minimum atomic E-state index is -0.521. The van der Waals surface area contributed by atoms with Crippen molar-refractivity contribution in [2.75, 3.05) is 6.61 Å². The molecule has 5 rings (SSSR count). The summed E-state index contributed by atoms with van der Waals surface area (Å²) in [6.07, 6.45) is 3.68. The van der Waals surface area contributed by atoms with Crippen molar-refractivity contribution in [2.24, 2.45) is 5.10 Å². The quantitative estimate of drug-likeness (QED) is 0.0534. The highest BCUT2D eigenvalue weighted by Gasteiger charge is 2.15. The summed E-state index contributed by atoms with van der Waals surface area (Å²) >= 11 is 0. The van der Waals surface area contributed by atoms with Crippen LogP contribution in [0.1, 0.15) is 51.3 Å². The molecule has 2 heterocycles. The SMILES string of the molecule is C=CCc1cc(/C=N/NC(=O)c2ccc(COc3ccc(-n4c(C)ccc4C)cc3)o2)cc(OCC)c1OCc1cccc([N+](=O)[O-])c1. The van der Waals surface area contributed by atoms with Gasteiger partial charge in [-0.1, -0.05) is 18.2 Å².